The van der Waals surface area contributed by atoms with Crippen LogP contribution < -0.4 is 5.32 Å². The van der Waals surface area contributed by atoms with Gasteiger partial charge in [0.25, 0.3) is 0 Å². The SMILES string of the molecule is CCSC1CCC(NC(CC)c2ccccc2)C1. The standard InChI is InChI=1S/C16H25NS/c1-3-16(13-8-6-5-7-9-13)17-14-10-11-15(12-14)18-4-2/h5-9,14-17H,3-4,10-12H2,1-2H3. The van der Waals surface area contributed by atoms with Crippen LogP contribution in [-0.2, 0) is 0 Å². The highest BCUT2D eigenvalue weighted by Crippen LogP contribution is 2.31. The van der Waals surface area contributed by atoms with Crippen molar-refractivity contribution in [3.05, 3.63) is 35.9 Å². The molecular weight excluding hydrogens is 238 g/mol. The van der Waals surface area contributed by atoms with Crippen molar-refractivity contribution in [3.63, 3.8) is 0 Å². The molecule has 0 radical (unpaired) electrons. The van der Waals surface area contributed by atoms with Crippen LogP contribution in [0.2, 0.25) is 0 Å². The quantitative estimate of drug-likeness (QED) is 0.816. The van der Waals surface area contributed by atoms with Crippen LogP contribution >= 0.6 is 11.8 Å². The van der Waals surface area contributed by atoms with Crippen LogP contribution in [0.15, 0.2) is 30.3 Å². The predicted molar refractivity (Wildman–Crippen MR) is 82.2 cm³/mol. The predicted octanol–water partition coefficient (Wildman–Crippen LogP) is 4.40. The highest BCUT2D eigenvalue weighted by Gasteiger charge is 2.26. The van der Waals surface area contributed by atoms with Crippen molar-refractivity contribution in [2.24, 2.45) is 0 Å². The second-order valence-electron chi connectivity index (χ2n) is 5.13. The van der Waals surface area contributed by atoms with Crippen molar-refractivity contribution in [3.8, 4) is 0 Å². The smallest absolute Gasteiger partial charge is 0.0320 e. The van der Waals surface area contributed by atoms with Gasteiger partial charge in [-0.25, -0.2) is 0 Å². The lowest BCUT2D eigenvalue weighted by Crippen LogP contribution is -2.30. The average Bonchev–Trinajstić information content (AvgIpc) is 2.85. The number of rotatable bonds is 6. The van der Waals surface area contributed by atoms with E-state index in [-0.39, 0.29) is 0 Å². The zero-order chi connectivity index (χ0) is 12.8. The zero-order valence-electron chi connectivity index (χ0n) is 11.6. The zero-order valence-corrected chi connectivity index (χ0v) is 12.4. The molecule has 0 spiro atoms. The maximum Gasteiger partial charge on any atom is 0.0320 e. The Labute approximate surface area is 116 Å². The Morgan fingerprint density at radius 2 is 2.00 bits per heavy atom. The summed E-state index contributed by atoms with van der Waals surface area (Å²) >= 11 is 2.13. The van der Waals surface area contributed by atoms with E-state index in [2.05, 4.69) is 61.3 Å². The van der Waals surface area contributed by atoms with E-state index in [0.29, 0.717) is 6.04 Å². The van der Waals surface area contributed by atoms with E-state index in [0.717, 1.165) is 11.3 Å². The van der Waals surface area contributed by atoms with Gasteiger partial charge in [-0.1, -0.05) is 44.2 Å². The van der Waals surface area contributed by atoms with E-state index in [1.54, 1.807) is 0 Å². The van der Waals surface area contributed by atoms with Crippen molar-refractivity contribution in [2.45, 2.75) is 56.9 Å². The molecule has 1 aromatic carbocycles. The van der Waals surface area contributed by atoms with Gasteiger partial charge in [-0.3, -0.25) is 0 Å². The van der Waals surface area contributed by atoms with Crippen LogP contribution in [0.5, 0.6) is 0 Å². The molecule has 0 aromatic heterocycles. The summed E-state index contributed by atoms with van der Waals surface area (Å²) < 4.78 is 0. The molecule has 1 aromatic rings. The van der Waals surface area contributed by atoms with E-state index >= 15 is 0 Å². The van der Waals surface area contributed by atoms with Crippen LogP contribution in [0.3, 0.4) is 0 Å². The van der Waals surface area contributed by atoms with E-state index < -0.39 is 0 Å². The normalized spacial score (nSPS) is 25.2. The molecule has 0 amide bonds. The highest BCUT2D eigenvalue weighted by atomic mass is 32.2. The van der Waals surface area contributed by atoms with Gasteiger partial charge in [-0.05, 0) is 37.0 Å². The minimum Gasteiger partial charge on any atom is -0.307 e. The van der Waals surface area contributed by atoms with E-state index in [9.17, 15) is 0 Å². The molecule has 1 aliphatic carbocycles. The number of hydrogen-bond donors (Lipinski definition) is 1. The molecule has 3 unspecified atom stereocenters. The van der Waals surface area contributed by atoms with Gasteiger partial charge >= 0.3 is 0 Å². The molecular formula is C16H25NS. The molecule has 1 nitrogen and oxygen atoms in total. The second kappa shape index (κ2) is 7.20. The molecule has 1 fully saturated rings. The molecule has 2 heteroatoms. The first-order valence-electron chi connectivity index (χ1n) is 7.26. The molecule has 1 saturated carbocycles. The van der Waals surface area contributed by atoms with Crippen molar-refractivity contribution >= 4 is 11.8 Å². The summed E-state index contributed by atoms with van der Waals surface area (Å²) in [4.78, 5) is 0. The van der Waals surface area contributed by atoms with E-state index in [1.807, 2.05) is 0 Å². The van der Waals surface area contributed by atoms with Crippen LogP contribution in [0.25, 0.3) is 0 Å². The summed E-state index contributed by atoms with van der Waals surface area (Å²) in [6, 6.07) is 12.1. The molecule has 2 rings (SSSR count). The number of benzene rings is 1. The summed E-state index contributed by atoms with van der Waals surface area (Å²) in [5.41, 5.74) is 1.44. The Morgan fingerprint density at radius 1 is 1.22 bits per heavy atom. The fourth-order valence-electron chi connectivity index (χ4n) is 2.90. The summed E-state index contributed by atoms with van der Waals surface area (Å²) in [5.74, 6) is 1.26. The van der Waals surface area contributed by atoms with Gasteiger partial charge in [0.1, 0.15) is 0 Å². The third-order valence-electron chi connectivity index (χ3n) is 3.83. The first-order valence-corrected chi connectivity index (χ1v) is 8.31. The minimum absolute atomic E-state index is 0.529. The van der Waals surface area contributed by atoms with Crippen molar-refractivity contribution in [1.82, 2.24) is 5.32 Å². The lowest BCUT2D eigenvalue weighted by atomic mass is 10.0. The Kier molecular flexibility index (Phi) is 5.58. The molecule has 1 N–H and O–H groups in total. The largest absolute Gasteiger partial charge is 0.307 e. The molecule has 0 saturated heterocycles. The molecule has 3 atom stereocenters. The second-order valence-corrected chi connectivity index (χ2v) is 6.70. The third-order valence-corrected chi connectivity index (χ3v) is 5.07. The van der Waals surface area contributed by atoms with Crippen LogP contribution in [0.4, 0.5) is 0 Å². The lowest BCUT2D eigenvalue weighted by Gasteiger charge is -2.22. The Morgan fingerprint density at radius 3 is 2.67 bits per heavy atom. The topological polar surface area (TPSA) is 12.0 Å². The molecule has 100 valence electrons. The summed E-state index contributed by atoms with van der Waals surface area (Å²) in [6.07, 6.45) is 5.26. The molecule has 1 aliphatic rings. The molecule has 0 heterocycles. The highest BCUT2D eigenvalue weighted by molar-refractivity contribution is 7.99. The maximum atomic E-state index is 3.86. The van der Waals surface area contributed by atoms with Gasteiger partial charge in [0.15, 0.2) is 0 Å². The summed E-state index contributed by atoms with van der Waals surface area (Å²) in [5, 5.41) is 4.75. The van der Waals surface area contributed by atoms with Gasteiger partial charge in [0.05, 0.1) is 0 Å². The molecule has 0 aliphatic heterocycles. The monoisotopic (exact) mass is 263 g/mol. The van der Waals surface area contributed by atoms with E-state index in [1.165, 1.54) is 37.0 Å². The third kappa shape index (κ3) is 3.76. The minimum atomic E-state index is 0.529. The fourth-order valence-corrected chi connectivity index (χ4v) is 4.04. The average molecular weight is 263 g/mol. The van der Waals surface area contributed by atoms with Crippen LogP contribution in [-0.4, -0.2) is 17.0 Å². The number of nitrogens with one attached hydrogen (secondary N) is 1. The molecule has 0 bridgehead atoms. The Hall–Kier alpha value is -0.470. The first kappa shape index (κ1) is 14.0. The van der Waals surface area contributed by atoms with Crippen molar-refractivity contribution < 1.29 is 0 Å². The summed E-state index contributed by atoms with van der Waals surface area (Å²) in [6.45, 7) is 4.54. The van der Waals surface area contributed by atoms with Gasteiger partial charge in [-0.2, -0.15) is 11.8 Å². The Bertz CT molecular complexity index is 338. The molecule has 18 heavy (non-hydrogen) atoms. The van der Waals surface area contributed by atoms with Crippen molar-refractivity contribution in [1.29, 1.82) is 0 Å². The maximum absolute atomic E-state index is 3.86. The Balaban J connectivity index is 1.88. The van der Waals surface area contributed by atoms with Crippen LogP contribution in [0, 0.1) is 0 Å². The van der Waals surface area contributed by atoms with Gasteiger partial charge in [0, 0.05) is 17.3 Å². The fraction of sp³-hybridized carbons (Fsp3) is 0.625. The van der Waals surface area contributed by atoms with E-state index in [4.69, 9.17) is 0 Å². The first-order chi connectivity index (χ1) is 8.83. The van der Waals surface area contributed by atoms with Gasteiger partial charge < -0.3 is 5.32 Å². The van der Waals surface area contributed by atoms with Gasteiger partial charge in [0.2, 0.25) is 0 Å². The summed E-state index contributed by atoms with van der Waals surface area (Å²) in [7, 11) is 0. The van der Waals surface area contributed by atoms with Crippen LogP contribution in [0.1, 0.15) is 51.1 Å². The number of thioether (sulfide) groups is 1. The van der Waals surface area contributed by atoms with Gasteiger partial charge in [-0.15, -0.1) is 0 Å². The lowest BCUT2D eigenvalue weighted by molar-refractivity contribution is 0.431. The van der Waals surface area contributed by atoms with Crippen molar-refractivity contribution in [2.75, 3.05) is 5.75 Å². The number of hydrogen-bond acceptors (Lipinski definition) is 2.